The lowest BCUT2D eigenvalue weighted by molar-refractivity contribution is -0.134. The van der Waals surface area contributed by atoms with Crippen LogP contribution < -0.4 is 4.74 Å². The Hall–Kier alpha value is -3.29. The lowest BCUT2D eigenvalue weighted by Crippen LogP contribution is -2.51. The first kappa shape index (κ1) is 19.5. The summed E-state index contributed by atoms with van der Waals surface area (Å²) < 4.78 is 15.6. The van der Waals surface area contributed by atoms with E-state index in [0.717, 1.165) is 0 Å². The third-order valence-corrected chi connectivity index (χ3v) is 4.38. The van der Waals surface area contributed by atoms with Crippen molar-refractivity contribution in [2.24, 2.45) is 0 Å². The molecule has 1 saturated heterocycles. The highest BCUT2D eigenvalue weighted by Gasteiger charge is 2.26. The number of nitrogens with zero attached hydrogens (tertiary/aromatic N) is 2. The Balaban J connectivity index is 1.44. The number of carbonyl (C=O) groups excluding carboxylic acids is 3. The monoisotopic (exact) mass is 386 g/mol. The molecule has 2 amide bonds. The van der Waals surface area contributed by atoms with Gasteiger partial charge in [0.1, 0.15) is 5.75 Å². The van der Waals surface area contributed by atoms with Gasteiger partial charge in [-0.3, -0.25) is 9.59 Å². The zero-order chi connectivity index (χ0) is 19.9. The van der Waals surface area contributed by atoms with Crippen molar-refractivity contribution in [3.63, 3.8) is 0 Å². The number of esters is 1. The van der Waals surface area contributed by atoms with Crippen molar-refractivity contribution in [3.05, 3.63) is 54.0 Å². The molecular formula is C20H22N2O6. The van der Waals surface area contributed by atoms with Crippen molar-refractivity contribution in [1.82, 2.24) is 9.80 Å². The molecule has 0 saturated carbocycles. The van der Waals surface area contributed by atoms with E-state index in [2.05, 4.69) is 0 Å². The molecular weight excluding hydrogens is 364 g/mol. The average Bonchev–Trinajstić information content (AvgIpc) is 3.27. The molecule has 28 heavy (non-hydrogen) atoms. The topological polar surface area (TPSA) is 89.3 Å². The largest absolute Gasteiger partial charge is 0.484 e. The molecule has 1 fully saturated rings. The first-order valence-corrected chi connectivity index (χ1v) is 9.09. The molecule has 0 N–H and O–H groups in total. The maximum Gasteiger partial charge on any atom is 0.338 e. The van der Waals surface area contributed by atoms with Crippen LogP contribution in [0.2, 0.25) is 0 Å². The van der Waals surface area contributed by atoms with Gasteiger partial charge in [-0.25, -0.2) is 4.79 Å². The van der Waals surface area contributed by atoms with Gasteiger partial charge in [0.25, 0.3) is 11.8 Å². The van der Waals surface area contributed by atoms with E-state index in [-0.39, 0.29) is 18.4 Å². The zero-order valence-corrected chi connectivity index (χ0v) is 15.6. The molecule has 1 aromatic heterocycles. The van der Waals surface area contributed by atoms with Crippen LogP contribution in [0.15, 0.2) is 47.1 Å². The number of carbonyl (C=O) groups is 3. The molecule has 8 nitrogen and oxygen atoms in total. The Labute approximate surface area is 162 Å². The van der Waals surface area contributed by atoms with Crippen LogP contribution in [0.25, 0.3) is 0 Å². The molecule has 1 aromatic carbocycles. The molecule has 3 rings (SSSR count). The summed E-state index contributed by atoms with van der Waals surface area (Å²) in [6, 6.07) is 9.73. The van der Waals surface area contributed by atoms with Crippen LogP contribution in [0.4, 0.5) is 0 Å². The molecule has 2 aromatic rings. The van der Waals surface area contributed by atoms with Gasteiger partial charge >= 0.3 is 5.97 Å². The highest BCUT2D eigenvalue weighted by atomic mass is 16.5. The van der Waals surface area contributed by atoms with Crippen LogP contribution in [0.5, 0.6) is 5.75 Å². The van der Waals surface area contributed by atoms with E-state index in [4.69, 9.17) is 13.9 Å². The number of rotatable bonds is 6. The van der Waals surface area contributed by atoms with E-state index in [9.17, 15) is 14.4 Å². The number of amides is 2. The van der Waals surface area contributed by atoms with Gasteiger partial charge in [-0.05, 0) is 43.3 Å². The second-order valence-electron chi connectivity index (χ2n) is 6.18. The zero-order valence-electron chi connectivity index (χ0n) is 15.6. The summed E-state index contributed by atoms with van der Waals surface area (Å²) in [6.45, 7) is 3.72. The predicted octanol–water partition coefficient (Wildman–Crippen LogP) is 1.82. The average molecular weight is 386 g/mol. The Kier molecular flexibility index (Phi) is 6.31. The Bertz CT molecular complexity index is 808. The molecule has 8 heteroatoms. The molecule has 0 unspecified atom stereocenters. The Morgan fingerprint density at radius 3 is 2.29 bits per heavy atom. The number of benzene rings is 1. The summed E-state index contributed by atoms with van der Waals surface area (Å²) in [6.07, 6.45) is 1.46. The summed E-state index contributed by atoms with van der Waals surface area (Å²) >= 11 is 0. The van der Waals surface area contributed by atoms with Gasteiger partial charge in [-0.1, -0.05) is 0 Å². The number of piperazine rings is 1. The highest BCUT2D eigenvalue weighted by molar-refractivity contribution is 5.91. The van der Waals surface area contributed by atoms with Crippen molar-refractivity contribution < 1.29 is 28.3 Å². The van der Waals surface area contributed by atoms with Crippen molar-refractivity contribution in [1.29, 1.82) is 0 Å². The molecule has 1 aliphatic heterocycles. The molecule has 148 valence electrons. The summed E-state index contributed by atoms with van der Waals surface area (Å²) in [5.41, 5.74) is 0.429. The third kappa shape index (κ3) is 4.70. The van der Waals surface area contributed by atoms with Crippen LogP contribution in [0.3, 0.4) is 0 Å². The first-order chi connectivity index (χ1) is 13.6. The Morgan fingerprint density at radius 1 is 1.00 bits per heavy atom. The van der Waals surface area contributed by atoms with Gasteiger partial charge in [0, 0.05) is 26.2 Å². The summed E-state index contributed by atoms with van der Waals surface area (Å²) in [7, 11) is 0. The lowest BCUT2D eigenvalue weighted by atomic mass is 10.2. The van der Waals surface area contributed by atoms with Gasteiger partial charge in [0.2, 0.25) is 0 Å². The number of ether oxygens (including phenoxy) is 2. The van der Waals surface area contributed by atoms with Crippen LogP contribution in [-0.2, 0) is 9.53 Å². The molecule has 1 aliphatic rings. The number of hydrogen-bond acceptors (Lipinski definition) is 6. The van der Waals surface area contributed by atoms with E-state index in [1.165, 1.54) is 6.26 Å². The van der Waals surface area contributed by atoms with Gasteiger partial charge in [0.15, 0.2) is 12.4 Å². The smallest absolute Gasteiger partial charge is 0.338 e. The van der Waals surface area contributed by atoms with Crippen LogP contribution in [-0.4, -0.2) is 67.0 Å². The van der Waals surface area contributed by atoms with Gasteiger partial charge < -0.3 is 23.7 Å². The van der Waals surface area contributed by atoms with E-state index in [1.54, 1.807) is 53.1 Å². The summed E-state index contributed by atoms with van der Waals surface area (Å²) in [5, 5.41) is 0. The fourth-order valence-electron chi connectivity index (χ4n) is 2.85. The fraction of sp³-hybridized carbons (Fsp3) is 0.350. The van der Waals surface area contributed by atoms with E-state index in [1.807, 2.05) is 0 Å². The van der Waals surface area contributed by atoms with Crippen molar-refractivity contribution >= 4 is 17.8 Å². The van der Waals surface area contributed by atoms with Crippen LogP contribution in [0, 0.1) is 0 Å². The van der Waals surface area contributed by atoms with Crippen molar-refractivity contribution in [2.75, 3.05) is 39.4 Å². The predicted molar refractivity (Wildman–Crippen MR) is 99.1 cm³/mol. The lowest BCUT2D eigenvalue weighted by Gasteiger charge is -2.34. The molecule has 0 aliphatic carbocycles. The maximum atomic E-state index is 12.3. The fourth-order valence-corrected chi connectivity index (χ4v) is 2.85. The van der Waals surface area contributed by atoms with Gasteiger partial charge in [0.05, 0.1) is 18.4 Å². The van der Waals surface area contributed by atoms with Crippen LogP contribution >= 0.6 is 0 Å². The number of furan rings is 1. The SMILES string of the molecule is CCOC(=O)c1ccc(OCC(=O)N2CCN(C(=O)c3ccco3)CC2)cc1. The second-order valence-corrected chi connectivity index (χ2v) is 6.18. The summed E-state index contributed by atoms with van der Waals surface area (Å²) in [4.78, 5) is 39.5. The minimum absolute atomic E-state index is 0.106. The van der Waals surface area contributed by atoms with E-state index < -0.39 is 5.97 Å². The highest BCUT2D eigenvalue weighted by Crippen LogP contribution is 2.14. The third-order valence-electron chi connectivity index (χ3n) is 4.38. The summed E-state index contributed by atoms with van der Waals surface area (Å²) in [5.74, 6) is 0.0732. The van der Waals surface area contributed by atoms with Gasteiger partial charge in [-0.15, -0.1) is 0 Å². The molecule has 0 atom stereocenters. The molecule has 2 heterocycles. The minimum Gasteiger partial charge on any atom is -0.484 e. The second kappa shape index (κ2) is 9.07. The maximum absolute atomic E-state index is 12.3. The quantitative estimate of drug-likeness (QED) is 0.704. The van der Waals surface area contributed by atoms with E-state index >= 15 is 0 Å². The van der Waals surface area contributed by atoms with Crippen LogP contribution in [0.1, 0.15) is 27.8 Å². The van der Waals surface area contributed by atoms with Gasteiger partial charge in [-0.2, -0.15) is 0 Å². The normalized spacial score (nSPS) is 13.9. The molecule has 0 spiro atoms. The first-order valence-electron chi connectivity index (χ1n) is 9.09. The standard InChI is InChI=1S/C20H22N2O6/c1-2-26-20(25)15-5-7-16(8-6-15)28-14-18(23)21-9-11-22(12-10-21)19(24)17-4-3-13-27-17/h3-8,13H,2,9-12,14H2,1H3. The van der Waals surface area contributed by atoms with Crippen molar-refractivity contribution in [2.45, 2.75) is 6.92 Å². The van der Waals surface area contributed by atoms with Crippen molar-refractivity contribution in [3.8, 4) is 5.75 Å². The Morgan fingerprint density at radius 2 is 1.68 bits per heavy atom. The van der Waals surface area contributed by atoms with E-state index in [0.29, 0.717) is 49.9 Å². The molecule has 0 radical (unpaired) electrons. The minimum atomic E-state index is -0.396. The molecule has 0 bridgehead atoms. The number of hydrogen-bond donors (Lipinski definition) is 0.